The maximum absolute atomic E-state index is 13.8. The quantitative estimate of drug-likeness (QED) is 0.0883. The van der Waals surface area contributed by atoms with Crippen LogP contribution in [0.5, 0.6) is 23.1 Å². The van der Waals surface area contributed by atoms with Gasteiger partial charge in [0.15, 0.2) is 35.5 Å². The maximum atomic E-state index is 13.8. The normalized spacial score (nSPS) is 11.6. The molecule has 5 aromatic rings. The van der Waals surface area contributed by atoms with Crippen LogP contribution in [0.1, 0.15) is 31.9 Å². The summed E-state index contributed by atoms with van der Waals surface area (Å²) in [6, 6.07) is 26.2. The lowest BCUT2D eigenvalue weighted by Gasteiger charge is -2.20. The number of sulfonamides is 1. The molecule has 3 aromatic carbocycles. The van der Waals surface area contributed by atoms with E-state index >= 15 is 0 Å². The number of benzene rings is 3. The lowest BCUT2D eigenvalue weighted by molar-refractivity contribution is -0.605. The zero-order valence-electron chi connectivity index (χ0n) is 26.5. The van der Waals surface area contributed by atoms with Gasteiger partial charge in [0.1, 0.15) is 6.61 Å². The van der Waals surface area contributed by atoms with Gasteiger partial charge in [0.05, 0.1) is 25.2 Å². The van der Waals surface area contributed by atoms with Crippen LogP contribution >= 0.6 is 0 Å². The van der Waals surface area contributed by atoms with E-state index in [2.05, 4.69) is 14.7 Å². The van der Waals surface area contributed by atoms with Crippen LogP contribution in [0.3, 0.4) is 0 Å². The standard InChI is InChI=1S/C35H36N4O7S/c1-35(2,3)27-14-16-28(17-15-27)47(41,42)38-33-31(46-30-13-9-8-12-29(30)43-4)34(37-32(36-33)26-18-20-39(40)21-19-26)45-23-22-44-24-25-10-6-5-7-11-25/h5-21H,22-24H2,1-4H3,(H,36,37,38). The van der Waals surface area contributed by atoms with E-state index in [9.17, 15) is 13.6 Å². The summed E-state index contributed by atoms with van der Waals surface area (Å²) in [7, 11) is -2.68. The Kier molecular flexibility index (Phi) is 10.2. The van der Waals surface area contributed by atoms with Crippen molar-refractivity contribution in [2.45, 2.75) is 37.7 Å². The first-order chi connectivity index (χ1) is 22.5. The Morgan fingerprint density at radius 3 is 2.15 bits per heavy atom. The number of anilines is 1. The van der Waals surface area contributed by atoms with Gasteiger partial charge in [0.25, 0.3) is 15.9 Å². The van der Waals surface area contributed by atoms with Gasteiger partial charge >= 0.3 is 0 Å². The predicted octanol–water partition coefficient (Wildman–Crippen LogP) is 6.27. The zero-order valence-corrected chi connectivity index (χ0v) is 27.4. The van der Waals surface area contributed by atoms with Crippen molar-refractivity contribution < 1.29 is 32.1 Å². The smallest absolute Gasteiger partial charge is 0.263 e. The number of ether oxygens (including phenoxy) is 4. The fraction of sp³-hybridized carbons (Fsp3) is 0.229. The fourth-order valence-corrected chi connectivity index (χ4v) is 5.48. The largest absolute Gasteiger partial charge is 0.619 e. The molecule has 0 aliphatic heterocycles. The van der Waals surface area contributed by atoms with Crippen LogP contribution in [0.4, 0.5) is 5.82 Å². The molecule has 244 valence electrons. The molecule has 0 bridgehead atoms. The third-order valence-electron chi connectivity index (χ3n) is 7.02. The van der Waals surface area contributed by atoms with Crippen LogP contribution in [0.2, 0.25) is 0 Å². The van der Waals surface area contributed by atoms with Crippen molar-refractivity contribution in [1.82, 2.24) is 9.97 Å². The molecular weight excluding hydrogens is 620 g/mol. The summed E-state index contributed by atoms with van der Waals surface area (Å²) in [5.41, 5.74) is 2.26. The van der Waals surface area contributed by atoms with Crippen LogP contribution in [0.15, 0.2) is 108 Å². The van der Waals surface area contributed by atoms with Crippen molar-refractivity contribution in [3.63, 3.8) is 0 Å². The Hall–Kier alpha value is -5.20. The maximum Gasteiger partial charge on any atom is 0.263 e. The minimum Gasteiger partial charge on any atom is -0.619 e. The number of hydrogen-bond donors (Lipinski definition) is 1. The minimum absolute atomic E-state index is 0.0257. The topological polar surface area (TPSA) is 136 Å². The lowest BCUT2D eigenvalue weighted by Crippen LogP contribution is -2.23. The average Bonchev–Trinajstić information content (AvgIpc) is 3.06. The van der Waals surface area contributed by atoms with E-state index in [-0.39, 0.29) is 52.5 Å². The molecule has 0 fully saturated rings. The summed E-state index contributed by atoms with van der Waals surface area (Å²) in [6.07, 6.45) is 2.58. The van der Waals surface area contributed by atoms with Crippen LogP contribution in [0.25, 0.3) is 11.4 Å². The molecule has 2 aromatic heterocycles. The van der Waals surface area contributed by atoms with Crippen LogP contribution in [-0.2, 0) is 26.8 Å². The van der Waals surface area contributed by atoms with E-state index in [1.165, 1.54) is 43.8 Å². The van der Waals surface area contributed by atoms with Crippen molar-refractivity contribution in [3.8, 4) is 34.5 Å². The minimum atomic E-state index is -4.17. The molecule has 0 saturated heterocycles. The molecule has 47 heavy (non-hydrogen) atoms. The summed E-state index contributed by atoms with van der Waals surface area (Å²) in [5, 5.41) is 11.8. The van der Waals surface area contributed by atoms with Gasteiger partial charge in [-0.25, -0.2) is 13.4 Å². The number of aromatic nitrogens is 3. The van der Waals surface area contributed by atoms with Gasteiger partial charge in [-0.05, 0) is 40.8 Å². The highest BCUT2D eigenvalue weighted by Crippen LogP contribution is 2.41. The molecule has 0 aliphatic rings. The molecule has 11 nitrogen and oxygen atoms in total. The lowest BCUT2D eigenvalue weighted by atomic mass is 9.87. The van der Waals surface area contributed by atoms with E-state index in [0.29, 0.717) is 22.7 Å². The number of nitrogens with one attached hydrogen (secondary N) is 1. The van der Waals surface area contributed by atoms with Crippen molar-refractivity contribution in [2.24, 2.45) is 0 Å². The molecule has 0 amide bonds. The summed E-state index contributed by atoms with van der Waals surface area (Å²) in [6.45, 7) is 6.77. The van der Waals surface area contributed by atoms with Gasteiger partial charge in [-0.2, -0.15) is 9.71 Å². The molecule has 12 heteroatoms. The fourth-order valence-electron chi connectivity index (χ4n) is 4.47. The highest BCUT2D eigenvalue weighted by molar-refractivity contribution is 7.92. The second-order valence-corrected chi connectivity index (χ2v) is 13.2. The SMILES string of the molecule is COc1ccccc1Oc1c(NS(=O)(=O)c2ccc(C(C)(C)C)cc2)nc(-c2cc[n+]([O-])cc2)nc1OCCOCc1ccccc1. The second-order valence-electron chi connectivity index (χ2n) is 11.5. The first kappa shape index (κ1) is 33.2. The summed E-state index contributed by atoms with van der Waals surface area (Å²) < 4.78 is 54.3. The Morgan fingerprint density at radius 1 is 0.830 bits per heavy atom. The van der Waals surface area contributed by atoms with E-state index in [1.54, 1.807) is 36.4 Å². The molecule has 5 rings (SSSR count). The van der Waals surface area contributed by atoms with Crippen LogP contribution < -0.4 is 23.7 Å². The Bertz CT molecular complexity index is 1900. The third-order valence-corrected chi connectivity index (χ3v) is 8.37. The number of pyridine rings is 1. The van der Waals surface area contributed by atoms with E-state index in [0.717, 1.165) is 11.1 Å². The third kappa shape index (κ3) is 8.54. The van der Waals surface area contributed by atoms with Crippen LogP contribution in [-0.4, -0.2) is 38.7 Å². The monoisotopic (exact) mass is 656 g/mol. The Labute approximate surface area is 274 Å². The molecular formula is C35H36N4O7S. The van der Waals surface area contributed by atoms with Gasteiger partial charge in [-0.1, -0.05) is 75.4 Å². The second kappa shape index (κ2) is 14.5. The molecule has 1 N–H and O–H groups in total. The van der Waals surface area contributed by atoms with Crippen LogP contribution in [0, 0.1) is 5.21 Å². The van der Waals surface area contributed by atoms with Crippen molar-refractivity contribution >= 4 is 15.8 Å². The highest BCUT2D eigenvalue weighted by atomic mass is 32.2. The van der Waals surface area contributed by atoms with Crippen molar-refractivity contribution in [3.05, 3.63) is 120 Å². The Morgan fingerprint density at radius 2 is 1.49 bits per heavy atom. The predicted molar refractivity (Wildman–Crippen MR) is 177 cm³/mol. The average molecular weight is 657 g/mol. The number of nitrogens with zero attached hydrogens (tertiary/aromatic N) is 3. The summed E-state index contributed by atoms with van der Waals surface area (Å²) in [5.74, 6) is 0.440. The number of rotatable bonds is 13. The van der Waals surface area contributed by atoms with Gasteiger partial charge < -0.3 is 24.2 Å². The molecule has 0 atom stereocenters. The zero-order chi connectivity index (χ0) is 33.4. The van der Waals surface area contributed by atoms with E-state index < -0.39 is 10.0 Å². The first-order valence-electron chi connectivity index (χ1n) is 14.8. The first-order valence-corrected chi connectivity index (χ1v) is 16.3. The number of para-hydroxylation sites is 2. The van der Waals surface area contributed by atoms with Crippen molar-refractivity contribution in [2.75, 3.05) is 25.0 Å². The van der Waals surface area contributed by atoms with Gasteiger partial charge in [0, 0.05) is 17.7 Å². The van der Waals surface area contributed by atoms with Gasteiger partial charge in [0.2, 0.25) is 5.75 Å². The summed E-state index contributed by atoms with van der Waals surface area (Å²) in [4.78, 5) is 9.15. The molecule has 0 saturated carbocycles. The molecule has 0 unspecified atom stereocenters. The van der Waals surface area contributed by atoms with E-state index in [1.807, 2.05) is 51.1 Å². The molecule has 0 aliphatic carbocycles. The molecule has 0 radical (unpaired) electrons. The van der Waals surface area contributed by atoms with Gasteiger partial charge in [-0.15, -0.1) is 0 Å². The van der Waals surface area contributed by atoms with Crippen molar-refractivity contribution in [1.29, 1.82) is 0 Å². The molecule has 0 spiro atoms. The Balaban J connectivity index is 1.54. The number of methoxy groups -OCH3 is 1. The number of hydrogen-bond acceptors (Lipinski definition) is 9. The van der Waals surface area contributed by atoms with E-state index in [4.69, 9.17) is 18.9 Å². The molecule has 2 heterocycles. The summed E-state index contributed by atoms with van der Waals surface area (Å²) >= 11 is 0. The van der Waals surface area contributed by atoms with Gasteiger partial charge in [-0.3, -0.25) is 4.72 Å². The highest BCUT2D eigenvalue weighted by Gasteiger charge is 2.26.